The number of nitrogens with one attached hydrogen (secondary N) is 1. The number of carbonyl (C=O) groups excluding carboxylic acids is 2. The molecule has 0 heterocycles. The van der Waals surface area contributed by atoms with Crippen molar-refractivity contribution in [3.05, 3.63) is 65.7 Å². The topological polar surface area (TPSA) is 96.0 Å². The van der Waals surface area contributed by atoms with Gasteiger partial charge in [-0.2, -0.15) is 4.31 Å². The molecule has 0 aliphatic heterocycles. The van der Waals surface area contributed by atoms with Crippen LogP contribution in [0.25, 0.3) is 0 Å². The first kappa shape index (κ1) is 25.4. The molecular weight excluding hydrogens is 430 g/mol. The average molecular weight is 462 g/mol. The SMILES string of the molecule is COc1ccc(CN(C(=O)CN(C)S(C)(=O)=O)[C@H](C)C(=O)NCCc2ccccc2)cc1. The molecule has 32 heavy (non-hydrogen) atoms. The van der Waals surface area contributed by atoms with Crippen LogP contribution in [0.5, 0.6) is 5.75 Å². The van der Waals surface area contributed by atoms with Crippen molar-refractivity contribution >= 4 is 21.8 Å². The lowest BCUT2D eigenvalue weighted by Gasteiger charge is -2.30. The molecule has 0 saturated carbocycles. The number of amides is 2. The smallest absolute Gasteiger partial charge is 0.242 e. The third kappa shape index (κ3) is 7.65. The number of ether oxygens (including phenoxy) is 1. The quantitative estimate of drug-likeness (QED) is 0.549. The second kappa shape index (κ2) is 11.6. The number of carbonyl (C=O) groups is 2. The zero-order valence-corrected chi connectivity index (χ0v) is 19.8. The van der Waals surface area contributed by atoms with Gasteiger partial charge < -0.3 is 15.0 Å². The highest BCUT2D eigenvalue weighted by atomic mass is 32.2. The van der Waals surface area contributed by atoms with Crippen molar-refractivity contribution in [1.29, 1.82) is 0 Å². The van der Waals surface area contributed by atoms with Crippen molar-refractivity contribution in [2.75, 3.05) is 33.5 Å². The van der Waals surface area contributed by atoms with Crippen LogP contribution in [-0.4, -0.2) is 69.0 Å². The number of nitrogens with zero attached hydrogens (tertiary/aromatic N) is 2. The Morgan fingerprint density at radius 1 is 1.03 bits per heavy atom. The van der Waals surface area contributed by atoms with Crippen molar-refractivity contribution in [2.45, 2.75) is 25.9 Å². The highest BCUT2D eigenvalue weighted by Gasteiger charge is 2.28. The first-order valence-corrected chi connectivity index (χ1v) is 12.1. The van der Waals surface area contributed by atoms with E-state index in [9.17, 15) is 18.0 Å². The molecule has 0 radical (unpaired) electrons. The highest BCUT2D eigenvalue weighted by Crippen LogP contribution is 2.15. The van der Waals surface area contributed by atoms with E-state index in [1.807, 2.05) is 30.3 Å². The summed E-state index contributed by atoms with van der Waals surface area (Å²) in [6.45, 7) is 1.88. The molecule has 0 aliphatic rings. The summed E-state index contributed by atoms with van der Waals surface area (Å²) < 4.78 is 29.6. The number of hydrogen-bond donors (Lipinski definition) is 1. The Labute approximate surface area is 190 Å². The summed E-state index contributed by atoms with van der Waals surface area (Å²) in [4.78, 5) is 27.2. The summed E-state index contributed by atoms with van der Waals surface area (Å²) in [7, 11) is -0.635. The molecule has 0 aromatic heterocycles. The highest BCUT2D eigenvalue weighted by molar-refractivity contribution is 7.88. The van der Waals surface area contributed by atoms with Crippen molar-refractivity contribution in [2.24, 2.45) is 0 Å². The van der Waals surface area contributed by atoms with E-state index in [4.69, 9.17) is 4.74 Å². The molecule has 2 amide bonds. The van der Waals surface area contributed by atoms with Crippen molar-refractivity contribution in [1.82, 2.24) is 14.5 Å². The predicted octanol–water partition coefficient (Wildman–Crippen LogP) is 1.66. The normalized spacial score (nSPS) is 12.3. The molecule has 0 bridgehead atoms. The Balaban J connectivity index is 2.11. The van der Waals surface area contributed by atoms with Gasteiger partial charge in [0.25, 0.3) is 0 Å². The maximum Gasteiger partial charge on any atom is 0.242 e. The fourth-order valence-corrected chi connectivity index (χ4v) is 3.38. The largest absolute Gasteiger partial charge is 0.497 e. The molecular formula is C23H31N3O5S. The Bertz CT molecular complexity index is 994. The van der Waals surface area contributed by atoms with Gasteiger partial charge in [0, 0.05) is 20.1 Å². The maximum absolute atomic E-state index is 13.0. The molecule has 9 heteroatoms. The van der Waals surface area contributed by atoms with Gasteiger partial charge in [0.15, 0.2) is 0 Å². The molecule has 2 aromatic carbocycles. The number of sulfonamides is 1. The minimum atomic E-state index is -3.54. The molecule has 0 fully saturated rings. The summed E-state index contributed by atoms with van der Waals surface area (Å²) in [5.41, 5.74) is 1.89. The second-order valence-corrected chi connectivity index (χ2v) is 9.68. The Kier molecular flexibility index (Phi) is 9.22. The van der Waals surface area contributed by atoms with E-state index >= 15 is 0 Å². The van der Waals surface area contributed by atoms with Crippen molar-refractivity contribution < 1.29 is 22.7 Å². The summed E-state index contributed by atoms with van der Waals surface area (Å²) in [5, 5.41) is 2.87. The first-order valence-electron chi connectivity index (χ1n) is 10.3. The van der Waals surface area contributed by atoms with Crippen LogP contribution in [0.1, 0.15) is 18.1 Å². The summed E-state index contributed by atoms with van der Waals surface area (Å²) in [5.74, 6) is -0.0839. The Hall–Kier alpha value is -2.91. The third-order valence-electron chi connectivity index (χ3n) is 5.16. The number of rotatable bonds is 11. The molecule has 1 N–H and O–H groups in total. The van der Waals surface area contributed by atoms with Crippen LogP contribution in [0.4, 0.5) is 0 Å². The van der Waals surface area contributed by atoms with Crippen LogP contribution in [0.2, 0.25) is 0 Å². The average Bonchev–Trinajstić information content (AvgIpc) is 2.77. The zero-order valence-electron chi connectivity index (χ0n) is 18.9. The van der Waals surface area contributed by atoms with Crippen molar-refractivity contribution in [3.63, 3.8) is 0 Å². The number of likely N-dealkylation sites (N-methyl/N-ethyl adjacent to an activating group) is 1. The molecule has 1 atom stereocenters. The fourth-order valence-electron chi connectivity index (χ4n) is 3.03. The maximum atomic E-state index is 13.0. The molecule has 0 spiro atoms. The monoisotopic (exact) mass is 461 g/mol. The van der Waals surface area contributed by atoms with Gasteiger partial charge in [0.05, 0.1) is 19.9 Å². The van der Waals surface area contributed by atoms with E-state index in [0.29, 0.717) is 18.7 Å². The van der Waals surface area contributed by atoms with E-state index in [-0.39, 0.29) is 19.0 Å². The van der Waals surface area contributed by atoms with Gasteiger partial charge >= 0.3 is 0 Å². The second-order valence-electron chi connectivity index (χ2n) is 7.59. The molecule has 0 saturated heterocycles. The summed E-state index contributed by atoms with van der Waals surface area (Å²) in [6.07, 6.45) is 1.70. The van der Waals surface area contributed by atoms with Gasteiger partial charge in [0.1, 0.15) is 11.8 Å². The van der Waals surface area contributed by atoms with Crippen molar-refractivity contribution in [3.8, 4) is 5.75 Å². The van der Waals surface area contributed by atoms with Crippen LogP contribution in [0.15, 0.2) is 54.6 Å². The van der Waals surface area contributed by atoms with Crippen LogP contribution >= 0.6 is 0 Å². The first-order chi connectivity index (χ1) is 15.1. The lowest BCUT2D eigenvalue weighted by molar-refractivity contribution is -0.140. The lowest BCUT2D eigenvalue weighted by atomic mass is 10.1. The van der Waals surface area contributed by atoms with Crippen LogP contribution in [0, 0.1) is 0 Å². The molecule has 174 valence electrons. The fraction of sp³-hybridized carbons (Fsp3) is 0.391. The van der Waals surface area contributed by atoms with Crippen LogP contribution in [0.3, 0.4) is 0 Å². The third-order valence-corrected chi connectivity index (χ3v) is 6.42. The van der Waals surface area contributed by atoms with E-state index in [2.05, 4.69) is 5.32 Å². The van der Waals surface area contributed by atoms with E-state index in [1.165, 1.54) is 11.9 Å². The van der Waals surface area contributed by atoms with Crippen LogP contribution < -0.4 is 10.1 Å². The summed E-state index contributed by atoms with van der Waals surface area (Å²) >= 11 is 0. The van der Waals surface area contributed by atoms with Gasteiger partial charge in [-0.1, -0.05) is 42.5 Å². The molecule has 8 nitrogen and oxygen atoms in total. The van der Waals surface area contributed by atoms with Gasteiger partial charge in [-0.25, -0.2) is 8.42 Å². The lowest BCUT2D eigenvalue weighted by Crippen LogP contribution is -2.50. The number of hydrogen-bond acceptors (Lipinski definition) is 5. The Morgan fingerprint density at radius 3 is 2.22 bits per heavy atom. The van der Waals surface area contributed by atoms with E-state index in [1.54, 1.807) is 38.3 Å². The zero-order chi connectivity index (χ0) is 23.7. The van der Waals surface area contributed by atoms with Gasteiger partial charge in [-0.15, -0.1) is 0 Å². The summed E-state index contributed by atoms with van der Waals surface area (Å²) in [6, 6.07) is 16.1. The molecule has 0 unspecified atom stereocenters. The number of benzene rings is 2. The van der Waals surface area contributed by atoms with E-state index in [0.717, 1.165) is 21.7 Å². The molecule has 0 aliphatic carbocycles. The van der Waals surface area contributed by atoms with Gasteiger partial charge in [-0.3, -0.25) is 9.59 Å². The molecule has 2 rings (SSSR count). The van der Waals surface area contributed by atoms with Gasteiger partial charge in [-0.05, 0) is 36.6 Å². The molecule has 2 aromatic rings. The van der Waals surface area contributed by atoms with Crippen LogP contribution in [-0.2, 0) is 32.6 Å². The number of methoxy groups -OCH3 is 1. The van der Waals surface area contributed by atoms with Gasteiger partial charge in [0.2, 0.25) is 21.8 Å². The van der Waals surface area contributed by atoms with E-state index < -0.39 is 22.0 Å². The standard InChI is InChI=1S/C23H31N3O5S/c1-18(23(28)24-15-14-19-8-6-5-7-9-19)26(22(27)17-25(2)32(4,29)30)16-20-10-12-21(31-3)13-11-20/h5-13,18H,14-17H2,1-4H3,(H,24,28)/t18-/m1/s1. The minimum Gasteiger partial charge on any atom is -0.497 e. The Morgan fingerprint density at radius 2 is 1.66 bits per heavy atom. The predicted molar refractivity (Wildman–Crippen MR) is 124 cm³/mol. The minimum absolute atomic E-state index is 0.160.